The first kappa shape index (κ1) is 34.5. The Hall–Kier alpha value is 4.22. The molecule has 0 aromatic rings. The molecule has 0 aliphatic carbocycles. The standard InChI is InChI=1S/C5H16N2O6P2.4Na/c1-7(2)4-3-5(6,14(8,9)10)15(11,12)13;;;;/h3-4,6H2,1-2H3,(H2,8,9,10)(H2,11,12,13);;;;/q;;;2*+1/p-2. The summed E-state index contributed by atoms with van der Waals surface area (Å²) >= 11 is 0. The van der Waals surface area contributed by atoms with Crippen LogP contribution in [0.2, 0.25) is 0 Å². The zero-order chi connectivity index (χ0) is 12.5. The Morgan fingerprint density at radius 2 is 1.37 bits per heavy atom. The van der Waals surface area contributed by atoms with E-state index in [1.807, 2.05) is 0 Å². The van der Waals surface area contributed by atoms with Gasteiger partial charge < -0.3 is 39.3 Å². The molecular weight excluding hydrogens is 338 g/mol. The van der Waals surface area contributed by atoms with E-state index in [9.17, 15) is 18.9 Å². The van der Waals surface area contributed by atoms with Crippen LogP contribution in [0.25, 0.3) is 0 Å². The quantitative estimate of drug-likeness (QED) is 0.326. The van der Waals surface area contributed by atoms with Gasteiger partial charge in [0.2, 0.25) is 0 Å². The Kier molecular flexibility index (Phi) is 24.5. The number of nitrogens with zero attached hydrogens (tertiary/aromatic N) is 1. The number of hydrogen-bond donors (Lipinski definition) is 3. The minimum Gasteiger partial charge on any atom is -0.777 e. The number of hydrogen-bond acceptors (Lipinski definition) is 6. The van der Waals surface area contributed by atoms with Crippen molar-refractivity contribution < 1.29 is 87.8 Å². The van der Waals surface area contributed by atoms with E-state index in [2.05, 4.69) is 0 Å². The van der Waals surface area contributed by atoms with E-state index in [0.29, 0.717) is 0 Å². The van der Waals surface area contributed by atoms with Gasteiger partial charge in [-0.1, -0.05) is 0 Å². The second kappa shape index (κ2) is 13.5. The van der Waals surface area contributed by atoms with Crippen LogP contribution in [0.15, 0.2) is 0 Å². The van der Waals surface area contributed by atoms with Crippen LogP contribution in [0.5, 0.6) is 0 Å². The van der Waals surface area contributed by atoms with Gasteiger partial charge >= 0.3 is 59.1 Å². The molecule has 0 saturated carbocycles. The summed E-state index contributed by atoms with van der Waals surface area (Å²) in [6.07, 6.45) is -0.617. The fraction of sp³-hybridized carbons (Fsp3) is 1.00. The molecule has 94 valence electrons. The molecule has 0 amide bonds. The third kappa shape index (κ3) is 11.4. The van der Waals surface area contributed by atoms with Crippen molar-refractivity contribution in [3.05, 3.63) is 0 Å². The van der Waals surface area contributed by atoms with E-state index < -0.39 is 26.6 Å². The van der Waals surface area contributed by atoms with Crippen molar-refractivity contribution >= 4 is 74.3 Å². The van der Waals surface area contributed by atoms with Crippen LogP contribution < -0.4 is 74.6 Å². The topological polar surface area (TPSA) is 150 Å². The molecule has 8 nitrogen and oxygen atoms in total. The second-order valence-electron chi connectivity index (χ2n) is 3.47. The molecule has 0 aliphatic heterocycles. The fourth-order valence-electron chi connectivity index (χ4n) is 0.830. The largest absolute Gasteiger partial charge is 1.00 e. The molecule has 0 aliphatic rings. The first-order valence-corrected chi connectivity index (χ1v) is 7.09. The van der Waals surface area contributed by atoms with Gasteiger partial charge in [-0.3, -0.25) is 0 Å². The zero-order valence-electron chi connectivity index (χ0n) is 12.4. The van der Waals surface area contributed by atoms with Crippen LogP contribution in [0, 0.1) is 0 Å². The monoisotopic (exact) mass is 352 g/mol. The van der Waals surface area contributed by atoms with Gasteiger partial charge in [0.25, 0.3) is 0 Å². The molecule has 0 bridgehead atoms. The predicted octanol–water partition coefficient (Wildman–Crippen LogP) is -9.11. The summed E-state index contributed by atoms with van der Waals surface area (Å²) in [4.78, 5) is 40.5. The molecule has 0 rings (SSSR count). The van der Waals surface area contributed by atoms with E-state index >= 15 is 0 Å². The summed E-state index contributed by atoms with van der Waals surface area (Å²) < 4.78 is 21.6. The summed E-state index contributed by atoms with van der Waals surface area (Å²) in [5.74, 6) is 0. The van der Waals surface area contributed by atoms with Crippen molar-refractivity contribution in [1.29, 1.82) is 0 Å². The molecule has 0 aromatic heterocycles. The minimum absolute atomic E-state index is 0. The Morgan fingerprint density at radius 1 is 1.11 bits per heavy atom. The normalized spacial score (nSPS) is 19.2. The van der Waals surface area contributed by atoms with Gasteiger partial charge in [0, 0.05) is 65.7 Å². The Balaban J connectivity index is -0.000000163. The van der Waals surface area contributed by atoms with Gasteiger partial charge in [-0.2, -0.15) is 0 Å². The maximum atomic E-state index is 10.8. The molecule has 14 heteroatoms. The predicted molar refractivity (Wildman–Crippen MR) is 61.2 cm³/mol. The average molecular weight is 352 g/mol. The molecule has 0 aromatic carbocycles. The minimum atomic E-state index is -5.39. The van der Waals surface area contributed by atoms with Gasteiger partial charge in [0.05, 0.1) is 0 Å². The Labute approximate surface area is 201 Å². The summed E-state index contributed by atoms with van der Waals surface area (Å²) in [7, 11) is -7.67. The van der Waals surface area contributed by atoms with Gasteiger partial charge in [-0.25, -0.2) is 0 Å². The molecule has 0 fully saturated rings. The van der Waals surface area contributed by atoms with Crippen molar-refractivity contribution in [2.24, 2.45) is 5.73 Å². The van der Waals surface area contributed by atoms with Crippen molar-refractivity contribution in [3.63, 3.8) is 0 Å². The van der Waals surface area contributed by atoms with Gasteiger partial charge in [-0.05, 0) is 20.5 Å². The van der Waals surface area contributed by atoms with Gasteiger partial charge in [0.15, 0.2) is 15.2 Å². The smallest absolute Gasteiger partial charge is 0.777 e. The summed E-state index contributed by atoms with van der Waals surface area (Å²) in [6, 6.07) is 0. The third-order valence-electron chi connectivity index (χ3n) is 1.91. The molecule has 0 spiro atoms. The SMILES string of the molecule is CN(C)CCC(N)(P(=O)([O-])O)P(=O)([O-])O.[Na+].[Na+].[Na].[Na]. The van der Waals surface area contributed by atoms with Crippen molar-refractivity contribution in [1.82, 2.24) is 4.90 Å². The maximum Gasteiger partial charge on any atom is 1.00 e. The van der Waals surface area contributed by atoms with Crippen molar-refractivity contribution in [2.45, 2.75) is 11.4 Å². The van der Waals surface area contributed by atoms with Crippen LogP contribution in [0.1, 0.15) is 6.42 Å². The first-order valence-electron chi connectivity index (χ1n) is 3.93. The number of rotatable bonds is 5. The fourth-order valence-corrected chi connectivity index (χ4v) is 2.87. The second-order valence-corrected chi connectivity index (χ2v) is 7.50. The van der Waals surface area contributed by atoms with Crippen LogP contribution >= 0.6 is 15.2 Å². The maximum absolute atomic E-state index is 10.8. The molecule has 4 N–H and O–H groups in total. The molecule has 2 radical (unpaired) electrons. The van der Waals surface area contributed by atoms with Crippen molar-refractivity contribution in [3.8, 4) is 0 Å². The van der Waals surface area contributed by atoms with E-state index in [-0.39, 0.29) is 125 Å². The van der Waals surface area contributed by atoms with Crippen LogP contribution in [0.4, 0.5) is 0 Å². The van der Waals surface area contributed by atoms with E-state index in [1.165, 1.54) is 4.90 Å². The van der Waals surface area contributed by atoms with E-state index in [0.717, 1.165) is 0 Å². The van der Waals surface area contributed by atoms with E-state index in [4.69, 9.17) is 15.5 Å². The molecule has 19 heavy (non-hydrogen) atoms. The summed E-state index contributed by atoms with van der Waals surface area (Å²) in [6.45, 7) is -0.0178. The molecule has 2 atom stereocenters. The summed E-state index contributed by atoms with van der Waals surface area (Å²) in [5.41, 5.74) is 5.02. The van der Waals surface area contributed by atoms with E-state index in [1.54, 1.807) is 14.1 Å². The van der Waals surface area contributed by atoms with Crippen LogP contribution in [-0.4, -0.2) is 99.5 Å². The average Bonchev–Trinajstić information content (AvgIpc) is 1.95. The van der Waals surface area contributed by atoms with Crippen LogP contribution in [0.3, 0.4) is 0 Å². The molecule has 0 saturated heterocycles. The zero-order valence-corrected chi connectivity index (χ0v) is 22.1. The molecular formula is C5H14N2Na4O6P2. The van der Waals surface area contributed by atoms with Crippen LogP contribution in [-0.2, 0) is 9.13 Å². The Morgan fingerprint density at radius 3 is 1.53 bits per heavy atom. The first-order chi connectivity index (χ1) is 6.42. The Bertz CT molecular complexity index is 299. The van der Waals surface area contributed by atoms with Gasteiger partial charge in [-0.15, -0.1) is 0 Å². The number of nitrogens with two attached hydrogens (primary N) is 1. The third-order valence-corrected chi connectivity index (χ3v) is 5.83. The molecule has 2 unspecified atom stereocenters. The summed E-state index contributed by atoms with van der Waals surface area (Å²) in [5, 5.41) is -3.02. The van der Waals surface area contributed by atoms with Crippen molar-refractivity contribution in [2.75, 3.05) is 20.6 Å². The van der Waals surface area contributed by atoms with Gasteiger partial charge in [0.1, 0.15) is 5.02 Å². The molecule has 0 heterocycles.